The van der Waals surface area contributed by atoms with Gasteiger partial charge in [0, 0.05) is 6.16 Å². The average molecular weight is 226 g/mol. The molecule has 0 amide bonds. The van der Waals surface area contributed by atoms with Gasteiger partial charge in [0.25, 0.3) is 0 Å². The van der Waals surface area contributed by atoms with Crippen LogP contribution in [-0.2, 0) is 10.7 Å². The molecule has 0 bridgehead atoms. The molecule has 0 aliphatic heterocycles. The fourth-order valence-corrected chi connectivity index (χ4v) is 1.73. The Balaban J connectivity index is 2.64. The minimum Gasteiger partial charge on any atom is -0.810 e. The van der Waals surface area contributed by atoms with Crippen LogP contribution in [0.15, 0.2) is 36.9 Å². The van der Waals surface area contributed by atoms with Gasteiger partial charge in [-0.25, -0.2) is 0 Å². The minimum atomic E-state index is -4.48. The molecule has 1 rings (SSSR count). The van der Waals surface area contributed by atoms with Gasteiger partial charge in [-0.05, 0) is 17.7 Å². The van der Waals surface area contributed by atoms with Crippen LogP contribution in [0.2, 0.25) is 0 Å². The van der Waals surface area contributed by atoms with E-state index in [0.29, 0.717) is 17.9 Å². The number of hydrogen-bond donors (Lipinski definition) is 0. The first-order chi connectivity index (χ1) is 7.01. The Morgan fingerprint density at radius 3 is 2.40 bits per heavy atom. The van der Waals surface area contributed by atoms with E-state index in [9.17, 15) is 14.4 Å². The first-order valence-electron chi connectivity index (χ1n) is 4.35. The largest absolute Gasteiger partial charge is 0.810 e. The van der Waals surface area contributed by atoms with Gasteiger partial charge in [-0.3, -0.25) is 0 Å². The summed E-state index contributed by atoms with van der Waals surface area (Å²) < 4.78 is 15.7. The van der Waals surface area contributed by atoms with Gasteiger partial charge in [0.05, 0.1) is 0 Å². The Hall–Kier alpha value is -1.09. The summed E-state index contributed by atoms with van der Waals surface area (Å²) in [6, 6.07) is 6.35. The molecule has 0 aliphatic carbocycles. The smallest absolute Gasteiger partial charge is 0.119 e. The molecular weight excluding hydrogens is 215 g/mol. The molecule has 0 saturated heterocycles. The lowest BCUT2D eigenvalue weighted by molar-refractivity contribution is -0.314. The van der Waals surface area contributed by atoms with Crippen molar-refractivity contribution in [3.63, 3.8) is 0 Å². The summed E-state index contributed by atoms with van der Waals surface area (Å²) in [5.41, 5.74) is 0.467. The molecule has 4 nitrogen and oxygen atoms in total. The van der Waals surface area contributed by atoms with Crippen molar-refractivity contribution in [1.29, 1.82) is 0 Å². The molecule has 0 radical (unpaired) electrons. The third-order valence-electron chi connectivity index (χ3n) is 1.67. The van der Waals surface area contributed by atoms with Gasteiger partial charge in [-0.2, -0.15) is 0 Å². The summed E-state index contributed by atoms with van der Waals surface area (Å²) in [6.45, 7) is 3.89. The molecule has 0 spiro atoms. The van der Waals surface area contributed by atoms with Crippen molar-refractivity contribution in [2.75, 3.05) is 6.61 Å². The van der Waals surface area contributed by atoms with E-state index in [1.165, 1.54) is 0 Å². The van der Waals surface area contributed by atoms with Crippen molar-refractivity contribution in [2.24, 2.45) is 0 Å². The topological polar surface area (TPSA) is 72.4 Å². The zero-order valence-corrected chi connectivity index (χ0v) is 8.98. The molecule has 1 aromatic carbocycles. The molecular formula is C10H11O4P-2. The molecule has 1 aromatic rings. The van der Waals surface area contributed by atoms with Crippen molar-refractivity contribution in [2.45, 2.75) is 6.16 Å². The molecule has 15 heavy (non-hydrogen) atoms. The average Bonchev–Trinajstić information content (AvgIpc) is 2.14. The first-order valence-corrected chi connectivity index (χ1v) is 6.08. The fraction of sp³-hybridized carbons (Fsp3) is 0.200. The molecule has 0 aromatic heterocycles. The summed E-state index contributed by atoms with van der Waals surface area (Å²) in [5, 5.41) is 0. The van der Waals surface area contributed by atoms with Crippen LogP contribution >= 0.6 is 7.60 Å². The van der Waals surface area contributed by atoms with E-state index in [-0.39, 0.29) is 0 Å². The van der Waals surface area contributed by atoms with E-state index < -0.39 is 13.8 Å². The van der Waals surface area contributed by atoms with Crippen LogP contribution in [-0.4, -0.2) is 6.61 Å². The lowest BCUT2D eigenvalue weighted by Crippen LogP contribution is -2.15. The Morgan fingerprint density at radius 1 is 1.33 bits per heavy atom. The molecule has 0 saturated carbocycles. The number of hydrogen-bond acceptors (Lipinski definition) is 4. The Labute approximate surface area is 88.4 Å². The van der Waals surface area contributed by atoms with Crippen molar-refractivity contribution < 1.29 is 19.1 Å². The Kier molecular flexibility index (Phi) is 4.09. The number of benzene rings is 1. The number of ether oxygens (including phenoxy) is 1. The second-order valence-corrected chi connectivity index (χ2v) is 4.55. The summed E-state index contributed by atoms with van der Waals surface area (Å²) in [7, 11) is -4.48. The zero-order valence-electron chi connectivity index (χ0n) is 8.09. The van der Waals surface area contributed by atoms with Crippen LogP contribution in [0.25, 0.3) is 0 Å². The van der Waals surface area contributed by atoms with Crippen LogP contribution in [0.4, 0.5) is 0 Å². The van der Waals surface area contributed by atoms with Crippen molar-refractivity contribution >= 4 is 7.60 Å². The maximum Gasteiger partial charge on any atom is 0.119 e. The van der Waals surface area contributed by atoms with Crippen molar-refractivity contribution in [1.82, 2.24) is 0 Å². The second-order valence-electron chi connectivity index (χ2n) is 3.01. The number of rotatable bonds is 5. The third-order valence-corrected chi connectivity index (χ3v) is 2.42. The van der Waals surface area contributed by atoms with Crippen LogP contribution in [0, 0.1) is 0 Å². The van der Waals surface area contributed by atoms with Crippen LogP contribution in [0.5, 0.6) is 5.75 Å². The van der Waals surface area contributed by atoms with E-state index in [2.05, 4.69) is 6.58 Å². The van der Waals surface area contributed by atoms with E-state index in [4.69, 9.17) is 4.74 Å². The SMILES string of the molecule is C=CCOc1ccc(CP(=O)([O-])[O-])cc1. The Bertz CT molecular complexity index is 366. The van der Waals surface area contributed by atoms with Gasteiger partial charge < -0.3 is 19.1 Å². The molecule has 0 fully saturated rings. The van der Waals surface area contributed by atoms with Gasteiger partial charge >= 0.3 is 0 Å². The quantitative estimate of drug-likeness (QED) is 0.546. The van der Waals surface area contributed by atoms with Crippen LogP contribution in [0.1, 0.15) is 5.56 Å². The van der Waals surface area contributed by atoms with E-state index in [1.54, 1.807) is 30.3 Å². The van der Waals surface area contributed by atoms with E-state index in [0.717, 1.165) is 0 Å². The monoisotopic (exact) mass is 226 g/mol. The predicted octanol–water partition coefficient (Wildman–Crippen LogP) is 0.665. The van der Waals surface area contributed by atoms with Gasteiger partial charge in [0.1, 0.15) is 12.4 Å². The first kappa shape index (κ1) is 12.0. The molecule has 0 aliphatic rings. The summed E-state index contributed by atoms with van der Waals surface area (Å²) in [4.78, 5) is 21.0. The van der Waals surface area contributed by atoms with Gasteiger partial charge in [-0.15, -0.1) is 0 Å². The molecule has 0 N–H and O–H groups in total. The van der Waals surface area contributed by atoms with Gasteiger partial charge in [0.2, 0.25) is 0 Å². The van der Waals surface area contributed by atoms with Gasteiger partial charge in [0.15, 0.2) is 0 Å². The Morgan fingerprint density at radius 2 is 1.93 bits per heavy atom. The molecule has 82 valence electrons. The molecule has 5 heteroatoms. The van der Waals surface area contributed by atoms with Crippen LogP contribution < -0.4 is 14.5 Å². The second kappa shape index (κ2) is 5.12. The predicted molar refractivity (Wildman–Crippen MR) is 53.4 cm³/mol. The highest BCUT2D eigenvalue weighted by Gasteiger charge is 1.97. The van der Waals surface area contributed by atoms with Crippen molar-refractivity contribution in [3.05, 3.63) is 42.5 Å². The summed E-state index contributed by atoms with van der Waals surface area (Å²) in [6.07, 6.45) is 1.14. The molecule has 0 unspecified atom stereocenters. The minimum absolute atomic E-state index is 0.390. The third kappa shape index (κ3) is 4.79. The summed E-state index contributed by atoms with van der Waals surface area (Å²) in [5.74, 6) is 0.616. The highest BCUT2D eigenvalue weighted by atomic mass is 31.2. The lowest BCUT2D eigenvalue weighted by atomic mass is 10.2. The van der Waals surface area contributed by atoms with E-state index in [1.807, 2.05) is 0 Å². The maximum absolute atomic E-state index is 10.5. The van der Waals surface area contributed by atoms with Crippen LogP contribution in [0.3, 0.4) is 0 Å². The zero-order chi connectivity index (χ0) is 11.3. The highest BCUT2D eigenvalue weighted by molar-refractivity contribution is 7.47. The van der Waals surface area contributed by atoms with Crippen molar-refractivity contribution in [3.8, 4) is 5.75 Å². The normalized spacial score (nSPS) is 11.1. The maximum atomic E-state index is 10.5. The lowest BCUT2D eigenvalue weighted by Gasteiger charge is -2.29. The summed E-state index contributed by atoms with van der Waals surface area (Å²) >= 11 is 0. The standard InChI is InChI=1S/C10H13O4P/c1-2-7-14-10-5-3-9(4-6-10)8-15(11,12)13/h2-6H,1,7-8H2,(H2,11,12,13)/p-2. The van der Waals surface area contributed by atoms with Gasteiger partial charge in [-0.1, -0.05) is 32.4 Å². The molecule has 0 atom stereocenters. The highest BCUT2D eigenvalue weighted by Crippen LogP contribution is 2.29. The van der Waals surface area contributed by atoms with E-state index >= 15 is 0 Å². The molecule has 0 heterocycles. The fourth-order valence-electron chi connectivity index (χ4n) is 1.07.